The van der Waals surface area contributed by atoms with Gasteiger partial charge in [0.05, 0.1) is 0 Å². The fourth-order valence-electron chi connectivity index (χ4n) is 2.48. The second kappa shape index (κ2) is 6.21. The molecule has 0 spiro atoms. The van der Waals surface area contributed by atoms with Crippen molar-refractivity contribution in [3.8, 4) is 0 Å². The fraction of sp³-hybridized carbons (Fsp3) is 0.467. The van der Waals surface area contributed by atoms with Crippen molar-refractivity contribution in [1.29, 1.82) is 0 Å². The molecule has 0 unspecified atom stereocenters. The highest BCUT2D eigenvalue weighted by molar-refractivity contribution is 14.1. The van der Waals surface area contributed by atoms with Gasteiger partial charge in [0.25, 0.3) is 5.67 Å². The van der Waals surface area contributed by atoms with Gasteiger partial charge in [0.1, 0.15) is 0 Å². The third-order valence-corrected chi connectivity index (χ3v) is 4.76. The highest BCUT2D eigenvalue weighted by atomic mass is 127. The van der Waals surface area contributed by atoms with Crippen molar-refractivity contribution < 1.29 is 48.3 Å². The van der Waals surface area contributed by atoms with Crippen LogP contribution in [0.5, 0.6) is 0 Å². The standard InChI is InChI=1S/C15H8F11I/c16-10(7-9(27)6-8-4-2-1-3-5-8)11(17,18)13(21,22)15(25,26)14(23,24)12(10,19)20/h1-5,7H,6H2. The molecule has 0 bridgehead atoms. The summed E-state index contributed by atoms with van der Waals surface area (Å²) in [6, 6.07) is 6.98. The van der Waals surface area contributed by atoms with Gasteiger partial charge in [-0.3, -0.25) is 0 Å². The molecule has 1 aromatic rings. The Morgan fingerprint density at radius 1 is 0.667 bits per heavy atom. The van der Waals surface area contributed by atoms with Gasteiger partial charge in [-0.2, -0.15) is 43.9 Å². The second-order valence-electron chi connectivity index (χ2n) is 5.84. The average Bonchev–Trinajstić information content (AvgIpc) is 2.53. The molecule has 0 saturated heterocycles. The molecule has 1 aliphatic rings. The molecule has 0 radical (unpaired) electrons. The molecule has 0 heterocycles. The molecule has 0 N–H and O–H groups in total. The Bertz CT molecular complexity index is 709. The van der Waals surface area contributed by atoms with Crippen molar-refractivity contribution in [3.05, 3.63) is 45.6 Å². The van der Waals surface area contributed by atoms with E-state index in [1.165, 1.54) is 30.3 Å². The summed E-state index contributed by atoms with van der Waals surface area (Å²) in [5, 5.41) is 0. The predicted molar refractivity (Wildman–Crippen MR) is 80.8 cm³/mol. The van der Waals surface area contributed by atoms with Gasteiger partial charge < -0.3 is 0 Å². The highest BCUT2D eigenvalue weighted by Gasteiger charge is 3.00. The lowest BCUT2D eigenvalue weighted by molar-refractivity contribution is -0.476. The molecular formula is C15H8F11I. The van der Waals surface area contributed by atoms with Crippen LogP contribution >= 0.6 is 22.6 Å². The minimum absolute atomic E-state index is 0.216. The van der Waals surface area contributed by atoms with E-state index in [1.54, 1.807) is 0 Å². The van der Waals surface area contributed by atoms with Gasteiger partial charge in [-0.15, -0.1) is 0 Å². The average molecular weight is 524 g/mol. The molecular weight excluding hydrogens is 516 g/mol. The molecule has 2 rings (SSSR count). The maximum atomic E-state index is 14.5. The molecule has 1 aromatic carbocycles. The molecule has 0 aliphatic heterocycles. The Hall–Kier alpha value is -1.08. The van der Waals surface area contributed by atoms with Gasteiger partial charge in [0.15, 0.2) is 0 Å². The number of hydrogen-bond acceptors (Lipinski definition) is 0. The Kier molecular flexibility index (Phi) is 5.11. The summed E-state index contributed by atoms with van der Waals surface area (Å²) in [6.07, 6.45) is -1.40. The minimum atomic E-state index is -7.19. The van der Waals surface area contributed by atoms with Crippen molar-refractivity contribution in [1.82, 2.24) is 0 Å². The van der Waals surface area contributed by atoms with Crippen LogP contribution in [0.25, 0.3) is 0 Å². The first-order valence-electron chi connectivity index (χ1n) is 6.96. The first kappa shape index (κ1) is 22.2. The van der Waals surface area contributed by atoms with Crippen LogP contribution in [0, 0.1) is 0 Å². The molecule has 1 fully saturated rings. The fourth-order valence-corrected chi connectivity index (χ4v) is 3.35. The van der Waals surface area contributed by atoms with Gasteiger partial charge in [-0.25, -0.2) is 4.39 Å². The Labute approximate surface area is 158 Å². The van der Waals surface area contributed by atoms with Gasteiger partial charge in [-0.05, 0) is 37.8 Å². The van der Waals surface area contributed by atoms with Crippen molar-refractivity contribution in [2.45, 2.75) is 41.7 Å². The summed E-state index contributed by atoms with van der Waals surface area (Å²) in [4.78, 5) is 0. The summed E-state index contributed by atoms with van der Waals surface area (Å²) >= 11 is 1.00. The summed E-state index contributed by atoms with van der Waals surface area (Å²) in [5.41, 5.74) is -5.85. The summed E-state index contributed by atoms with van der Waals surface area (Å²) in [6.45, 7) is 0. The highest BCUT2D eigenvalue weighted by Crippen LogP contribution is 2.69. The van der Waals surface area contributed by atoms with Crippen molar-refractivity contribution >= 4 is 22.6 Å². The lowest BCUT2D eigenvalue weighted by Crippen LogP contribution is -2.83. The van der Waals surface area contributed by atoms with Crippen LogP contribution in [0.3, 0.4) is 0 Å². The SMILES string of the molecule is FC1(F)C(F)(F)C(F)(F)C(F)(C=C(I)Cc2ccccc2)C(F)(F)C1(F)F. The molecule has 1 saturated carbocycles. The van der Waals surface area contributed by atoms with E-state index in [-0.39, 0.29) is 5.56 Å². The largest absolute Gasteiger partial charge is 0.384 e. The van der Waals surface area contributed by atoms with Gasteiger partial charge >= 0.3 is 29.6 Å². The van der Waals surface area contributed by atoms with E-state index in [0.717, 1.165) is 22.6 Å². The van der Waals surface area contributed by atoms with E-state index in [4.69, 9.17) is 0 Å². The molecule has 0 atom stereocenters. The van der Waals surface area contributed by atoms with Crippen molar-refractivity contribution in [2.24, 2.45) is 0 Å². The van der Waals surface area contributed by atoms with Crippen LogP contribution < -0.4 is 0 Å². The third-order valence-electron chi connectivity index (χ3n) is 4.06. The summed E-state index contributed by atoms with van der Waals surface area (Å²) < 4.78 is 149. The van der Waals surface area contributed by atoms with E-state index in [9.17, 15) is 48.3 Å². The predicted octanol–water partition coefficient (Wildman–Crippen LogP) is 6.45. The number of rotatable bonds is 3. The topological polar surface area (TPSA) is 0 Å². The number of allylic oxidation sites excluding steroid dienone is 2. The van der Waals surface area contributed by atoms with Gasteiger partial charge in [0, 0.05) is 6.42 Å². The zero-order valence-electron chi connectivity index (χ0n) is 12.7. The number of halogens is 12. The number of alkyl halides is 11. The number of benzene rings is 1. The van der Waals surface area contributed by atoms with E-state index >= 15 is 0 Å². The normalized spacial score (nSPS) is 27.2. The van der Waals surface area contributed by atoms with Gasteiger partial charge in [-0.1, -0.05) is 30.3 Å². The monoisotopic (exact) mass is 524 g/mol. The van der Waals surface area contributed by atoms with Crippen molar-refractivity contribution in [2.75, 3.05) is 0 Å². The van der Waals surface area contributed by atoms with E-state index in [0.29, 0.717) is 0 Å². The van der Waals surface area contributed by atoms with Gasteiger partial charge in [0.2, 0.25) is 0 Å². The Balaban J connectivity index is 2.65. The van der Waals surface area contributed by atoms with Crippen LogP contribution in [-0.2, 0) is 6.42 Å². The molecule has 1 aliphatic carbocycles. The molecule has 12 heteroatoms. The lowest BCUT2D eigenvalue weighted by Gasteiger charge is -2.51. The molecule has 0 aromatic heterocycles. The minimum Gasteiger partial charge on any atom is -0.225 e. The first-order valence-corrected chi connectivity index (χ1v) is 8.04. The molecule has 152 valence electrons. The van der Waals surface area contributed by atoms with Crippen LogP contribution in [0.4, 0.5) is 48.3 Å². The smallest absolute Gasteiger partial charge is 0.225 e. The zero-order valence-corrected chi connectivity index (χ0v) is 14.9. The summed E-state index contributed by atoms with van der Waals surface area (Å²) in [5.74, 6) is -35.0. The maximum absolute atomic E-state index is 14.5. The third kappa shape index (κ3) is 2.68. The van der Waals surface area contributed by atoms with Crippen LogP contribution in [0.1, 0.15) is 5.56 Å². The van der Waals surface area contributed by atoms with Crippen LogP contribution in [0.15, 0.2) is 40.0 Å². The zero-order chi connectivity index (χ0) is 21.1. The van der Waals surface area contributed by atoms with Crippen LogP contribution in [-0.4, -0.2) is 35.3 Å². The Morgan fingerprint density at radius 3 is 1.44 bits per heavy atom. The van der Waals surface area contributed by atoms with Crippen LogP contribution in [0.2, 0.25) is 0 Å². The van der Waals surface area contributed by atoms with E-state index in [2.05, 4.69) is 0 Å². The molecule has 0 nitrogen and oxygen atoms in total. The Morgan fingerprint density at radius 2 is 1.04 bits per heavy atom. The van der Waals surface area contributed by atoms with Crippen molar-refractivity contribution in [3.63, 3.8) is 0 Å². The maximum Gasteiger partial charge on any atom is 0.384 e. The lowest BCUT2D eigenvalue weighted by atomic mass is 9.72. The summed E-state index contributed by atoms with van der Waals surface area (Å²) in [7, 11) is 0. The quantitative estimate of drug-likeness (QED) is 0.315. The second-order valence-corrected chi connectivity index (χ2v) is 7.22. The molecule has 0 amide bonds. The molecule has 27 heavy (non-hydrogen) atoms. The number of hydrogen-bond donors (Lipinski definition) is 0. The van der Waals surface area contributed by atoms with E-state index in [1.807, 2.05) is 0 Å². The first-order chi connectivity index (χ1) is 12.0. The van der Waals surface area contributed by atoms with E-state index < -0.39 is 51.4 Å².